The Morgan fingerprint density at radius 1 is 1.26 bits per heavy atom. The highest BCUT2D eigenvalue weighted by molar-refractivity contribution is 5.93. The Hall–Kier alpha value is -2.38. The number of hydrogen-bond donors (Lipinski definition) is 1. The lowest BCUT2D eigenvalue weighted by molar-refractivity contribution is -0.121. The SMILES string of the molecule is COc1ccc(CCN2CCN([C@@H](C)C(=O)Nc3cc(C)on3)CC2)cc1. The van der Waals surface area contributed by atoms with Gasteiger partial charge in [-0.3, -0.25) is 9.69 Å². The van der Waals surface area contributed by atoms with Gasteiger partial charge in [-0.1, -0.05) is 17.3 Å². The van der Waals surface area contributed by atoms with E-state index in [2.05, 4.69) is 32.4 Å². The van der Waals surface area contributed by atoms with Gasteiger partial charge >= 0.3 is 0 Å². The number of benzene rings is 1. The summed E-state index contributed by atoms with van der Waals surface area (Å²) in [5, 5.41) is 6.64. The molecule has 1 amide bonds. The van der Waals surface area contributed by atoms with E-state index in [1.165, 1.54) is 5.56 Å². The van der Waals surface area contributed by atoms with Gasteiger partial charge in [-0.25, -0.2) is 0 Å². The molecule has 146 valence electrons. The van der Waals surface area contributed by atoms with Crippen LogP contribution < -0.4 is 10.1 Å². The average Bonchev–Trinajstić information content (AvgIpc) is 3.11. The number of hydrogen-bond acceptors (Lipinski definition) is 6. The minimum absolute atomic E-state index is 0.0463. The fourth-order valence-electron chi connectivity index (χ4n) is 3.28. The van der Waals surface area contributed by atoms with E-state index in [9.17, 15) is 4.79 Å². The molecule has 0 radical (unpaired) electrons. The summed E-state index contributed by atoms with van der Waals surface area (Å²) in [6.45, 7) is 8.48. The largest absolute Gasteiger partial charge is 0.497 e. The van der Waals surface area contributed by atoms with Gasteiger partial charge in [-0.15, -0.1) is 0 Å². The van der Waals surface area contributed by atoms with Crippen molar-refractivity contribution in [2.45, 2.75) is 26.3 Å². The Morgan fingerprint density at radius 3 is 2.56 bits per heavy atom. The molecular formula is C20H28N4O3. The Bertz CT molecular complexity index is 736. The van der Waals surface area contributed by atoms with E-state index in [1.54, 1.807) is 20.1 Å². The van der Waals surface area contributed by atoms with Gasteiger partial charge in [0.05, 0.1) is 13.2 Å². The summed E-state index contributed by atoms with van der Waals surface area (Å²) in [6, 6.07) is 9.78. The summed E-state index contributed by atoms with van der Waals surface area (Å²) in [6.07, 6.45) is 1.02. The topological polar surface area (TPSA) is 70.8 Å². The molecule has 2 heterocycles. The van der Waals surface area contributed by atoms with Crippen molar-refractivity contribution in [2.24, 2.45) is 0 Å². The van der Waals surface area contributed by atoms with Crippen LogP contribution in [0.15, 0.2) is 34.9 Å². The molecule has 27 heavy (non-hydrogen) atoms. The van der Waals surface area contributed by atoms with Gasteiger partial charge < -0.3 is 19.5 Å². The molecule has 0 unspecified atom stereocenters. The number of aryl methyl sites for hydroxylation is 1. The molecule has 0 bridgehead atoms. The van der Waals surface area contributed by atoms with E-state index >= 15 is 0 Å². The number of carbonyl (C=O) groups excluding carboxylic acids is 1. The third-order valence-corrected chi connectivity index (χ3v) is 5.09. The summed E-state index contributed by atoms with van der Waals surface area (Å²) >= 11 is 0. The van der Waals surface area contributed by atoms with E-state index in [-0.39, 0.29) is 11.9 Å². The third kappa shape index (κ3) is 5.30. The third-order valence-electron chi connectivity index (χ3n) is 5.09. The van der Waals surface area contributed by atoms with E-state index in [0.717, 1.165) is 44.9 Å². The first-order chi connectivity index (χ1) is 13.0. The van der Waals surface area contributed by atoms with Gasteiger partial charge in [-0.2, -0.15) is 0 Å². The lowest BCUT2D eigenvalue weighted by Gasteiger charge is -2.37. The molecule has 1 aliphatic rings. The lowest BCUT2D eigenvalue weighted by Crippen LogP contribution is -2.53. The van der Waals surface area contributed by atoms with Crippen LogP contribution in [0.1, 0.15) is 18.2 Å². The number of anilines is 1. The number of carbonyl (C=O) groups is 1. The molecule has 1 aliphatic heterocycles. The van der Waals surface area contributed by atoms with Crippen molar-refractivity contribution in [3.8, 4) is 5.75 Å². The fourth-order valence-corrected chi connectivity index (χ4v) is 3.28. The van der Waals surface area contributed by atoms with E-state index < -0.39 is 0 Å². The monoisotopic (exact) mass is 372 g/mol. The zero-order valence-electron chi connectivity index (χ0n) is 16.3. The van der Waals surface area contributed by atoms with Crippen LogP contribution >= 0.6 is 0 Å². The standard InChI is InChI=1S/C20H28N4O3/c1-15-14-19(22-27-15)21-20(25)16(2)24-12-10-23(11-13-24)9-8-17-4-6-18(26-3)7-5-17/h4-7,14,16H,8-13H2,1-3H3,(H,21,22,25)/t16-/m0/s1. The zero-order valence-corrected chi connectivity index (χ0v) is 16.3. The summed E-state index contributed by atoms with van der Waals surface area (Å²) in [5.74, 6) is 2.00. The highest BCUT2D eigenvalue weighted by Gasteiger charge is 2.25. The van der Waals surface area contributed by atoms with Gasteiger partial charge in [0, 0.05) is 38.8 Å². The molecular weight excluding hydrogens is 344 g/mol. The van der Waals surface area contributed by atoms with Crippen molar-refractivity contribution in [2.75, 3.05) is 45.2 Å². The molecule has 1 N–H and O–H groups in total. The molecule has 1 fully saturated rings. The molecule has 0 spiro atoms. The predicted molar refractivity (Wildman–Crippen MR) is 104 cm³/mol. The molecule has 0 saturated carbocycles. The highest BCUT2D eigenvalue weighted by Crippen LogP contribution is 2.14. The fraction of sp³-hybridized carbons (Fsp3) is 0.500. The van der Waals surface area contributed by atoms with Gasteiger partial charge in [-0.05, 0) is 38.0 Å². The molecule has 2 aromatic rings. The Kier molecular flexibility index (Phi) is 6.47. The molecule has 3 rings (SSSR count). The van der Waals surface area contributed by atoms with Crippen LogP contribution in [-0.2, 0) is 11.2 Å². The van der Waals surface area contributed by atoms with Crippen molar-refractivity contribution in [3.63, 3.8) is 0 Å². The lowest BCUT2D eigenvalue weighted by atomic mass is 10.1. The second kappa shape index (κ2) is 9.01. The van der Waals surface area contributed by atoms with Crippen LogP contribution in [0.4, 0.5) is 5.82 Å². The first-order valence-corrected chi connectivity index (χ1v) is 9.38. The maximum Gasteiger partial charge on any atom is 0.242 e. The number of aromatic nitrogens is 1. The number of rotatable bonds is 7. The average molecular weight is 372 g/mol. The minimum Gasteiger partial charge on any atom is -0.497 e. The Balaban J connectivity index is 1.41. The summed E-state index contributed by atoms with van der Waals surface area (Å²) < 4.78 is 10.2. The normalized spacial score (nSPS) is 16.9. The highest BCUT2D eigenvalue weighted by atomic mass is 16.5. The molecule has 0 aliphatic carbocycles. The number of methoxy groups -OCH3 is 1. The summed E-state index contributed by atoms with van der Waals surface area (Å²) in [4.78, 5) is 17.1. The van der Waals surface area contributed by atoms with Gasteiger partial charge in [0.15, 0.2) is 5.82 Å². The van der Waals surface area contributed by atoms with Crippen molar-refractivity contribution in [3.05, 3.63) is 41.7 Å². The van der Waals surface area contributed by atoms with Gasteiger partial charge in [0.2, 0.25) is 5.91 Å². The second-order valence-electron chi connectivity index (χ2n) is 6.96. The predicted octanol–water partition coefficient (Wildman–Crippen LogP) is 2.18. The van der Waals surface area contributed by atoms with Crippen molar-refractivity contribution < 1.29 is 14.1 Å². The van der Waals surface area contributed by atoms with Crippen molar-refractivity contribution >= 4 is 11.7 Å². The maximum absolute atomic E-state index is 12.4. The zero-order chi connectivity index (χ0) is 19.2. The van der Waals surface area contributed by atoms with Crippen molar-refractivity contribution in [1.29, 1.82) is 0 Å². The molecule has 7 nitrogen and oxygen atoms in total. The summed E-state index contributed by atoms with van der Waals surface area (Å²) in [5.41, 5.74) is 1.31. The van der Waals surface area contributed by atoms with Crippen LogP contribution in [0.5, 0.6) is 5.75 Å². The van der Waals surface area contributed by atoms with Crippen LogP contribution in [0.25, 0.3) is 0 Å². The van der Waals surface area contributed by atoms with E-state index in [0.29, 0.717) is 11.6 Å². The number of ether oxygens (including phenoxy) is 1. The van der Waals surface area contributed by atoms with Crippen LogP contribution in [0.2, 0.25) is 0 Å². The number of piperazine rings is 1. The number of amides is 1. The van der Waals surface area contributed by atoms with Gasteiger partial charge in [0.25, 0.3) is 0 Å². The quantitative estimate of drug-likeness (QED) is 0.803. The molecule has 1 aromatic carbocycles. The Morgan fingerprint density at radius 2 is 1.96 bits per heavy atom. The maximum atomic E-state index is 12.4. The minimum atomic E-state index is -0.189. The molecule has 1 aromatic heterocycles. The Labute approximate surface area is 160 Å². The first kappa shape index (κ1) is 19.4. The van der Waals surface area contributed by atoms with Crippen LogP contribution in [0.3, 0.4) is 0 Å². The molecule has 1 saturated heterocycles. The second-order valence-corrected chi connectivity index (χ2v) is 6.96. The molecule has 1 atom stereocenters. The van der Waals surface area contributed by atoms with Crippen LogP contribution in [-0.4, -0.2) is 66.7 Å². The smallest absolute Gasteiger partial charge is 0.242 e. The summed E-state index contributed by atoms with van der Waals surface area (Å²) in [7, 11) is 1.68. The first-order valence-electron chi connectivity index (χ1n) is 9.38. The number of nitrogens with one attached hydrogen (secondary N) is 1. The number of nitrogens with zero attached hydrogens (tertiary/aromatic N) is 3. The van der Waals surface area contributed by atoms with E-state index in [1.807, 2.05) is 19.1 Å². The van der Waals surface area contributed by atoms with Crippen LogP contribution in [0, 0.1) is 6.92 Å². The van der Waals surface area contributed by atoms with Crippen molar-refractivity contribution in [1.82, 2.24) is 15.0 Å². The van der Waals surface area contributed by atoms with Gasteiger partial charge in [0.1, 0.15) is 11.5 Å². The van der Waals surface area contributed by atoms with E-state index in [4.69, 9.17) is 9.26 Å². The molecule has 7 heteroatoms.